The van der Waals surface area contributed by atoms with Crippen molar-refractivity contribution in [1.82, 2.24) is 0 Å². The maximum Gasteiger partial charge on any atom is 0.338 e. The summed E-state index contributed by atoms with van der Waals surface area (Å²) >= 11 is 0. The molecule has 0 saturated carbocycles. The molecular weight excluding hydrogens is 1340 g/mol. The van der Waals surface area contributed by atoms with Gasteiger partial charge in [-0.1, -0.05) is 200 Å². The Kier molecular flexibility index (Phi) is 25.3. The van der Waals surface area contributed by atoms with Gasteiger partial charge in [0, 0.05) is 0 Å². The van der Waals surface area contributed by atoms with Gasteiger partial charge in [0.2, 0.25) is 0 Å². The van der Waals surface area contributed by atoms with Crippen LogP contribution in [0.2, 0.25) is 0 Å². The van der Waals surface area contributed by atoms with Crippen molar-refractivity contribution in [2.75, 3.05) is 19.8 Å². The second kappa shape index (κ2) is 36.0. The summed E-state index contributed by atoms with van der Waals surface area (Å²) < 4.78 is 92.4. The van der Waals surface area contributed by atoms with Crippen molar-refractivity contribution in [2.24, 2.45) is 0 Å². The summed E-state index contributed by atoms with van der Waals surface area (Å²) in [7, 11) is 0. The van der Waals surface area contributed by atoms with E-state index in [0.717, 1.165) is 16.7 Å². The van der Waals surface area contributed by atoms with Crippen molar-refractivity contribution in [1.29, 1.82) is 0 Å². The minimum absolute atomic E-state index is 0.000124. The summed E-state index contributed by atoms with van der Waals surface area (Å²) in [5.74, 6) is -5.78. The Hall–Kier alpha value is -10.6. The Labute approximate surface area is 599 Å². The van der Waals surface area contributed by atoms with Crippen LogP contribution in [0.1, 0.15) is 84.4 Å². The molecule has 0 radical (unpaired) electrons. The largest absolute Gasteiger partial charge is 0.453 e. The number of rotatable bonds is 28. The lowest BCUT2D eigenvalue weighted by Gasteiger charge is -2.49. The Morgan fingerprint density at radius 1 is 0.308 bits per heavy atom. The Morgan fingerprint density at radius 3 is 1.06 bits per heavy atom. The van der Waals surface area contributed by atoms with Crippen molar-refractivity contribution < 1.29 is 105 Å². The minimum atomic E-state index is -2.16. The molecule has 0 spiro atoms. The highest BCUT2D eigenvalue weighted by atomic mass is 16.8. The summed E-state index contributed by atoms with van der Waals surface area (Å²) in [5, 5.41) is 23.9. The summed E-state index contributed by atoms with van der Waals surface area (Å²) in [6, 6.07) is 73.4. The molecule has 9 aromatic carbocycles. The van der Waals surface area contributed by atoms with Crippen LogP contribution in [0.15, 0.2) is 267 Å². The SMILES string of the molecule is Cc1ccc(C(=O)O[C@H]2[C@H](O[C@@H]3[C@@H](OC(=O)c4ccccc4)[C@H](OC[C@H]4O[C@H](O)[C@H](OC(=O)c5ccccc5)[C@@H](OC(=O)c5ccccc5)[C@@H]4OC(=O)c4ccccc4)O[C@H](CO)[C@H]3OC(=O)c3ccccc3)O[C@H](COCc3ccccc3)[C@@H](OCc3ccccc3)[C@@H]2OCc2ccccc2)cc1. The van der Waals surface area contributed by atoms with Crippen molar-refractivity contribution in [3.8, 4) is 0 Å². The van der Waals surface area contributed by atoms with E-state index in [4.69, 9.17) is 66.3 Å². The van der Waals surface area contributed by atoms with E-state index in [0.29, 0.717) is 5.56 Å². The molecule has 2 N–H and O–H groups in total. The fraction of sp³-hybridized carbons (Fsp3) is 0.268. The van der Waals surface area contributed by atoms with Crippen molar-refractivity contribution in [2.45, 2.75) is 119 Å². The number of benzene rings is 9. The molecule has 9 aromatic rings. The molecule has 3 aliphatic rings. The third kappa shape index (κ3) is 19.0. The van der Waals surface area contributed by atoms with Gasteiger partial charge in [-0.05, 0) is 96.4 Å². The van der Waals surface area contributed by atoms with Crippen molar-refractivity contribution in [3.63, 3.8) is 0 Å². The second-order valence-corrected chi connectivity index (χ2v) is 24.7. The zero-order chi connectivity index (χ0) is 72.2. The predicted octanol–water partition coefficient (Wildman–Crippen LogP) is 10.6. The van der Waals surface area contributed by atoms with Gasteiger partial charge in [0.1, 0.15) is 36.6 Å². The fourth-order valence-electron chi connectivity index (χ4n) is 12.1. The normalized spacial score (nSPS) is 24.4. The standard InChI is InChI=1S/C82H76O22/c1-52-42-44-61(45-43-52)79(89)102-72-68(93-49-55-30-14-4-15-31-55)65(92-48-54-28-12-3-13-29-54)63(50-91-47-53-26-10-2-11-27-53)97-82(72)104-70-66(98-74(84)56-32-16-5-17-33-56)62(46-83)96-81(73(70)103-78(88)60-40-24-9-25-41-60)94-51-64-67(99-75(85)57-34-18-6-19-35-57)69(100-76(86)58-36-20-7-21-37-58)71(80(90)95-64)101-77(87)59-38-22-8-23-39-59/h2-45,62-73,80-83,90H,46-51H2,1H3/t62-,63-,64-,65-,66-,67-,68+,69+,70+,71-,72-,73-,80+,81-,82+/m1/s1. The minimum Gasteiger partial charge on any atom is -0.453 e. The number of aliphatic hydroxyl groups excluding tert-OH is 2. The molecule has 104 heavy (non-hydrogen) atoms. The summed E-state index contributed by atoms with van der Waals surface area (Å²) in [6.45, 7) is -0.165. The highest BCUT2D eigenvalue weighted by Gasteiger charge is 2.59. The second-order valence-electron chi connectivity index (χ2n) is 24.7. The Morgan fingerprint density at radius 2 is 0.635 bits per heavy atom. The first-order chi connectivity index (χ1) is 50.8. The van der Waals surface area contributed by atoms with Crippen LogP contribution in [0.4, 0.5) is 0 Å². The third-order valence-corrected chi connectivity index (χ3v) is 17.4. The molecule has 0 unspecified atom stereocenters. The fourth-order valence-corrected chi connectivity index (χ4v) is 12.1. The number of hydrogen-bond acceptors (Lipinski definition) is 22. The van der Waals surface area contributed by atoms with Gasteiger partial charge < -0.3 is 76.5 Å². The number of carbonyl (C=O) groups excluding carboxylic acids is 6. The summed E-state index contributed by atoms with van der Waals surface area (Å²) in [4.78, 5) is 87.6. The van der Waals surface area contributed by atoms with E-state index in [1.165, 1.54) is 60.7 Å². The predicted molar refractivity (Wildman–Crippen MR) is 371 cm³/mol. The Balaban J connectivity index is 0.974. The monoisotopic (exact) mass is 1410 g/mol. The first-order valence-electron chi connectivity index (χ1n) is 33.9. The number of esters is 6. The molecule has 22 heteroatoms. The van der Waals surface area contributed by atoms with Crippen LogP contribution in [0.3, 0.4) is 0 Å². The summed E-state index contributed by atoms with van der Waals surface area (Å²) in [6.07, 6.45) is -26.0. The molecule has 3 aliphatic heterocycles. The first-order valence-corrected chi connectivity index (χ1v) is 33.9. The van der Waals surface area contributed by atoms with Crippen LogP contribution >= 0.6 is 0 Å². The lowest BCUT2D eigenvalue weighted by Crippen LogP contribution is -2.67. The van der Waals surface area contributed by atoms with Gasteiger partial charge in [-0.25, -0.2) is 28.8 Å². The van der Waals surface area contributed by atoms with Crippen LogP contribution < -0.4 is 0 Å². The van der Waals surface area contributed by atoms with E-state index in [2.05, 4.69) is 0 Å². The average Bonchev–Trinajstić information content (AvgIpc) is 0.763. The third-order valence-electron chi connectivity index (χ3n) is 17.4. The Bertz CT molecular complexity index is 4210. The lowest BCUT2D eigenvalue weighted by molar-refractivity contribution is -0.367. The van der Waals surface area contributed by atoms with Gasteiger partial charge >= 0.3 is 35.8 Å². The first kappa shape index (κ1) is 73.2. The van der Waals surface area contributed by atoms with Gasteiger partial charge in [-0.2, -0.15) is 0 Å². The van der Waals surface area contributed by atoms with Crippen LogP contribution in [0.25, 0.3) is 0 Å². The van der Waals surface area contributed by atoms with E-state index in [9.17, 15) is 29.4 Å². The van der Waals surface area contributed by atoms with Gasteiger partial charge in [0.15, 0.2) is 55.5 Å². The molecule has 12 rings (SSSR count). The zero-order valence-electron chi connectivity index (χ0n) is 56.4. The van der Waals surface area contributed by atoms with Crippen LogP contribution in [0.5, 0.6) is 0 Å². The number of aliphatic hydroxyl groups is 2. The topological polar surface area (TPSA) is 272 Å². The van der Waals surface area contributed by atoms with Crippen molar-refractivity contribution >= 4 is 35.8 Å². The molecule has 0 aliphatic carbocycles. The molecule has 3 saturated heterocycles. The van der Waals surface area contributed by atoms with Gasteiger partial charge in [0.25, 0.3) is 0 Å². The van der Waals surface area contributed by atoms with E-state index < -0.39 is 141 Å². The molecule has 3 fully saturated rings. The maximum atomic E-state index is 15.0. The number of carbonyl (C=O) groups is 6. The average molecular weight is 1410 g/mol. The van der Waals surface area contributed by atoms with E-state index in [-0.39, 0.29) is 59.8 Å². The quantitative estimate of drug-likeness (QED) is 0.0341. The van der Waals surface area contributed by atoms with Gasteiger partial charge in [0.05, 0.1) is 73.0 Å². The highest BCUT2D eigenvalue weighted by molar-refractivity contribution is 5.92. The van der Waals surface area contributed by atoms with E-state index >= 15 is 9.59 Å². The zero-order valence-corrected chi connectivity index (χ0v) is 56.4. The molecule has 22 nitrogen and oxygen atoms in total. The van der Waals surface area contributed by atoms with Crippen LogP contribution in [-0.2, 0) is 86.1 Å². The molecule has 3 heterocycles. The number of hydrogen-bond donors (Lipinski definition) is 2. The van der Waals surface area contributed by atoms with Crippen LogP contribution in [-0.4, -0.2) is 158 Å². The molecule has 536 valence electrons. The molecule has 0 amide bonds. The highest BCUT2D eigenvalue weighted by Crippen LogP contribution is 2.39. The number of ether oxygens (including phenoxy) is 14. The lowest BCUT2D eigenvalue weighted by atomic mass is 9.95. The maximum absolute atomic E-state index is 15.0. The molecule has 15 atom stereocenters. The van der Waals surface area contributed by atoms with Crippen LogP contribution in [0, 0.1) is 6.92 Å². The van der Waals surface area contributed by atoms with E-state index in [1.54, 1.807) is 115 Å². The van der Waals surface area contributed by atoms with Gasteiger partial charge in [-0.3, -0.25) is 0 Å². The molecule has 0 aromatic heterocycles. The van der Waals surface area contributed by atoms with Gasteiger partial charge in [-0.15, -0.1) is 0 Å². The van der Waals surface area contributed by atoms with Crippen molar-refractivity contribution in [3.05, 3.63) is 323 Å². The smallest absolute Gasteiger partial charge is 0.338 e. The van der Waals surface area contributed by atoms with E-state index in [1.807, 2.05) is 97.9 Å². The number of aryl methyl sites for hydroxylation is 1. The molecular formula is C82H76O22. The molecule has 0 bridgehead atoms. The summed E-state index contributed by atoms with van der Waals surface area (Å²) in [5.41, 5.74) is 3.39.